The van der Waals surface area contributed by atoms with Crippen LogP contribution in [0.3, 0.4) is 0 Å². The number of methoxy groups -OCH3 is 2. The molecule has 7 heteroatoms. The van der Waals surface area contributed by atoms with Crippen LogP contribution in [-0.4, -0.2) is 25.1 Å². The Balaban J connectivity index is 1.78. The molecule has 7 nitrogen and oxygen atoms in total. The van der Waals surface area contributed by atoms with Crippen LogP contribution in [0.4, 0.5) is 5.69 Å². The highest BCUT2D eigenvalue weighted by molar-refractivity contribution is 5.94. The fraction of sp³-hybridized carbons (Fsp3) is 0.176. The largest absolute Gasteiger partial charge is 0.497 e. The highest BCUT2D eigenvalue weighted by Gasteiger charge is 2.11. The van der Waals surface area contributed by atoms with E-state index in [0.717, 1.165) is 5.56 Å². The first-order valence-corrected chi connectivity index (χ1v) is 7.22. The van der Waals surface area contributed by atoms with Gasteiger partial charge < -0.3 is 19.2 Å². The van der Waals surface area contributed by atoms with Crippen molar-refractivity contribution in [2.24, 2.45) is 0 Å². The predicted octanol–water partition coefficient (Wildman–Crippen LogP) is 2.32. The van der Waals surface area contributed by atoms with Gasteiger partial charge in [0.2, 0.25) is 5.91 Å². The standard InChI is InChI=1S/C17H16N2O5/c1-22-11-4-6-14(23-2)13(9-11)18-16(20)8-10-3-5-15-12(7-10)19-17(21)24-15/h3-7,9H,8H2,1-2H3,(H,18,20)(H,19,21). The lowest BCUT2D eigenvalue weighted by Gasteiger charge is -2.11. The van der Waals surface area contributed by atoms with E-state index in [-0.39, 0.29) is 12.3 Å². The molecule has 3 aromatic rings. The van der Waals surface area contributed by atoms with Gasteiger partial charge in [0.15, 0.2) is 5.58 Å². The van der Waals surface area contributed by atoms with Crippen LogP contribution >= 0.6 is 0 Å². The van der Waals surface area contributed by atoms with E-state index in [1.54, 1.807) is 43.5 Å². The second-order valence-corrected chi connectivity index (χ2v) is 5.14. The smallest absolute Gasteiger partial charge is 0.417 e. The molecule has 24 heavy (non-hydrogen) atoms. The highest BCUT2D eigenvalue weighted by atomic mass is 16.5. The number of anilines is 1. The van der Waals surface area contributed by atoms with Crippen LogP contribution in [0.25, 0.3) is 11.1 Å². The van der Waals surface area contributed by atoms with Gasteiger partial charge in [-0.3, -0.25) is 9.78 Å². The van der Waals surface area contributed by atoms with Gasteiger partial charge in [0, 0.05) is 6.07 Å². The minimum Gasteiger partial charge on any atom is -0.497 e. The fourth-order valence-electron chi connectivity index (χ4n) is 2.40. The molecule has 1 heterocycles. The number of nitrogens with one attached hydrogen (secondary N) is 2. The number of H-pyrrole nitrogens is 1. The summed E-state index contributed by atoms with van der Waals surface area (Å²) in [5.74, 6) is 0.418. The number of carbonyl (C=O) groups excluding carboxylic acids is 1. The summed E-state index contributed by atoms with van der Waals surface area (Å²) in [6.07, 6.45) is 0.142. The van der Waals surface area contributed by atoms with Crippen molar-refractivity contribution in [3.05, 3.63) is 52.5 Å². The van der Waals surface area contributed by atoms with Crippen LogP contribution in [0.1, 0.15) is 5.56 Å². The monoisotopic (exact) mass is 328 g/mol. The summed E-state index contributed by atoms with van der Waals surface area (Å²) in [6.45, 7) is 0. The van der Waals surface area contributed by atoms with Crippen molar-refractivity contribution in [3.63, 3.8) is 0 Å². The summed E-state index contributed by atoms with van der Waals surface area (Å²) in [6, 6.07) is 10.3. The van der Waals surface area contributed by atoms with Gasteiger partial charge in [-0.1, -0.05) is 6.07 Å². The van der Waals surface area contributed by atoms with Gasteiger partial charge in [-0.25, -0.2) is 4.79 Å². The third kappa shape index (κ3) is 3.24. The van der Waals surface area contributed by atoms with Gasteiger partial charge in [-0.2, -0.15) is 0 Å². The van der Waals surface area contributed by atoms with Gasteiger partial charge in [-0.05, 0) is 29.8 Å². The van der Waals surface area contributed by atoms with Gasteiger partial charge in [-0.15, -0.1) is 0 Å². The Bertz CT molecular complexity index is 942. The molecule has 0 saturated carbocycles. The van der Waals surface area contributed by atoms with Crippen LogP contribution in [0, 0.1) is 0 Å². The maximum absolute atomic E-state index is 12.3. The first-order valence-electron chi connectivity index (χ1n) is 7.22. The van der Waals surface area contributed by atoms with Crippen molar-refractivity contribution >= 4 is 22.7 Å². The molecule has 0 radical (unpaired) electrons. The molecule has 0 aliphatic heterocycles. The lowest BCUT2D eigenvalue weighted by Crippen LogP contribution is -2.15. The Hall–Kier alpha value is -3.22. The Morgan fingerprint density at radius 2 is 2.00 bits per heavy atom. The molecule has 1 aromatic heterocycles. The quantitative estimate of drug-likeness (QED) is 0.749. The minimum absolute atomic E-state index is 0.142. The van der Waals surface area contributed by atoms with Crippen LogP contribution in [0.2, 0.25) is 0 Å². The molecule has 124 valence electrons. The zero-order valence-electron chi connectivity index (χ0n) is 13.2. The van der Waals surface area contributed by atoms with E-state index < -0.39 is 5.76 Å². The zero-order chi connectivity index (χ0) is 17.1. The van der Waals surface area contributed by atoms with Gasteiger partial charge in [0.05, 0.1) is 31.8 Å². The van der Waals surface area contributed by atoms with Crippen LogP contribution in [-0.2, 0) is 11.2 Å². The Labute approximate surface area is 137 Å². The van der Waals surface area contributed by atoms with E-state index in [2.05, 4.69) is 10.3 Å². The average Bonchev–Trinajstić information content (AvgIpc) is 2.94. The Morgan fingerprint density at radius 3 is 2.75 bits per heavy atom. The SMILES string of the molecule is COc1ccc(OC)c(NC(=O)Cc2ccc3oc(=O)[nH]c3c2)c1. The number of aromatic amines is 1. The normalized spacial score (nSPS) is 10.6. The van der Waals surface area contributed by atoms with Gasteiger partial charge in [0.1, 0.15) is 11.5 Å². The number of oxazole rings is 1. The lowest BCUT2D eigenvalue weighted by atomic mass is 10.1. The van der Waals surface area contributed by atoms with Crippen molar-refractivity contribution < 1.29 is 18.7 Å². The molecular formula is C17H16N2O5. The van der Waals surface area contributed by atoms with Crippen molar-refractivity contribution in [2.75, 3.05) is 19.5 Å². The molecule has 1 amide bonds. The van der Waals surface area contributed by atoms with E-state index in [1.807, 2.05) is 0 Å². The number of fused-ring (bicyclic) bond motifs is 1. The number of benzene rings is 2. The fourth-order valence-corrected chi connectivity index (χ4v) is 2.40. The van der Waals surface area contributed by atoms with Gasteiger partial charge in [0.25, 0.3) is 0 Å². The number of ether oxygens (including phenoxy) is 2. The van der Waals surface area contributed by atoms with Crippen molar-refractivity contribution in [2.45, 2.75) is 6.42 Å². The maximum atomic E-state index is 12.3. The molecule has 0 fully saturated rings. The second-order valence-electron chi connectivity index (χ2n) is 5.14. The van der Waals surface area contributed by atoms with Crippen molar-refractivity contribution in [1.82, 2.24) is 4.98 Å². The number of rotatable bonds is 5. The molecule has 0 saturated heterocycles. The first-order chi connectivity index (χ1) is 11.6. The lowest BCUT2D eigenvalue weighted by molar-refractivity contribution is -0.115. The molecular weight excluding hydrogens is 312 g/mol. The Kier molecular flexibility index (Phi) is 4.24. The maximum Gasteiger partial charge on any atom is 0.417 e. The number of carbonyl (C=O) groups is 1. The summed E-state index contributed by atoms with van der Waals surface area (Å²) < 4.78 is 15.3. The van der Waals surface area contributed by atoms with E-state index in [4.69, 9.17) is 13.9 Å². The van der Waals surface area contributed by atoms with Crippen LogP contribution < -0.4 is 20.5 Å². The molecule has 0 unspecified atom stereocenters. The van der Waals surface area contributed by atoms with E-state index >= 15 is 0 Å². The summed E-state index contributed by atoms with van der Waals surface area (Å²) in [4.78, 5) is 26.0. The van der Waals surface area contributed by atoms with Crippen molar-refractivity contribution in [1.29, 1.82) is 0 Å². The second kappa shape index (κ2) is 6.49. The molecule has 0 aliphatic carbocycles. The van der Waals surface area contributed by atoms with E-state index in [1.165, 1.54) is 7.11 Å². The minimum atomic E-state index is -0.521. The predicted molar refractivity (Wildman–Crippen MR) is 88.7 cm³/mol. The first kappa shape index (κ1) is 15.7. The van der Waals surface area contributed by atoms with Crippen molar-refractivity contribution in [3.8, 4) is 11.5 Å². The Morgan fingerprint density at radius 1 is 1.17 bits per heavy atom. The molecule has 0 atom stereocenters. The molecule has 2 aromatic carbocycles. The summed E-state index contributed by atoms with van der Waals surface area (Å²) in [5, 5.41) is 2.80. The molecule has 0 bridgehead atoms. The molecule has 3 rings (SSSR count). The molecule has 2 N–H and O–H groups in total. The summed E-state index contributed by atoms with van der Waals surface area (Å²) >= 11 is 0. The van der Waals surface area contributed by atoms with E-state index in [9.17, 15) is 9.59 Å². The molecule has 0 spiro atoms. The summed E-state index contributed by atoms with van der Waals surface area (Å²) in [5.41, 5.74) is 2.29. The van der Waals surface area contributed by atoms with E-state index in [0.29, 0.717) is 28.3 Å². The number of aromatic nitrogens is 1. The summed E-state index contributed by atoms with van der Waals surface area (Å²) in [7, 11) is 3.08. The third-order valence-corrected chi connectivity index (χ3v) is 3.53. The van der Waals surface area contributed by atoms with Gasteiger partial charge >= 0.3 is 5.76 Å². The van der Waals surface area contributed by atoms with Crippen LogP contribution in [0.15, 0.2) is 45.6 Å². The number of amides is 1. The topological polar surface area (TPSA) is 93.6 Å². The zero-order valence-corrected chi connectivity index (χ0v) is 13.2. The number of hydrogen-bond acceptors (Lipinski definition) is 5. The third-order valence-electron chi connectivity index (χ3n) is 3.53. The molecule has 0 aliphatic rings. The average molecular weight is 328 g/mol. The number of hydrogen-bond donors (Lipinski definition) is 2. The highest BCUT2D eigenvalue weighted by Crippen LogP contribution is 2.29. The van der Waals surface area contributed by atoms with Crippen LogP contribution in [0.5, 0.6) is 11.5 Å².